The van der Waals surface area contributed by atoms with E-state index >= 15 is 0 Å². The topological polar surface area (TPSA) is 78.1 Å². The number of fused-ring (bicyclic) bond motifs is 1. The molecule has 0 saturated heterocycles. The van der Waals surface area contributed by atoms with Crippen molar-refractivity contribution in [2.24, 2.45) is 5.92 Å². The Morgan fingerprint density at radius 1 is 1.69 bits per heavy atom. The Kier molecular flexibility index (Phi) is 3.03. The van der Waals surface area contributed by atoms with Gasteiger partial charge in [-0.1, -0.05) is 0 Å². The molecular formula is C11H15N3O2. The van der Waals surface area contributed by atoms with Crippen molar-refractivity contribution in [3.8, 4) is 0 Å². The fourth-order valence-electron chi connectivity index (χ4n) is 1.98. The molecule has 86 valence electrons. The van der Waals surface area contributed by atoms with Crippen molar-refractivity contribution >= 4 is 11.9 Å². The van der Waals surface area contributed by atoms with Crippen LogP contribution >= 0.6 is 0 Å². The Morgan fingerprint density at radius 2 is 2.50 bits per heavy atom. The molecule has 2 N–H and O–H groups in total. The van der Waals surface area contributed by atoms with E-state index in [1.807, 2.05) is 6.92 Å². The van der Waals surface area contributed by atoms with E-state index in [2.05, 4.69) is 9.97 Å². The number of esters is 1. The molecule has 2 rings (SSSR count). The van der Waals surface area contributed by atoms with Gasteiger partial charge in [0.1, 0.15) is 0 Å². The quantitative estimate of drug-likeness (QED) is 0.745. The van der Waals surface area contributed by atoms with E-state index in [9.17, 15) is 4.79 Å². The lowest BCUT2D eigenvalue weighted by molar-refractivity contribution is -0.148. The Hall–Kier alpha value is -1.65. The number of carbonyl (C=O) groups is 1. The van der Waals surface area contributed by atoms with Crippen LogP contribution in [0.5, 0.6) is 0 Å². The second-order valence-corrected chi connectivity index (χ2v) is 3.89. The lowest BCUT2D eigenvalue weighted by Crippen LogP contribution is -2.25. The third kappa shape index (κ3) is 2.13. The first-order valence-electron chi connectivity index (χ1n) is 5.47. The number of nitrogen functional groups attached to an aromatic ring is 1. The van der Waals surface area contributed by atoms with Crippen molar-refractivity contribution in [3.63, 3.8) is 0 Å². The molecule has 1 atom stereocenters. The molecule has 0 fully saturated rings. The van der Waals surface area contributed by atoms with Crippen LogP contribution in [0.25, 0.3) is 0 Å². The number of aromatic nitrogens is 2. The van der Waals surface area contributed by atoms with Gasteiger partial charge >= 0.3 is 5.97 Å². The Morgan fingerprint density at radius 3 is 3.25 bits per heavy atom. The van der Waals surface area contributed by atoms with Crippen molar-refractivity contribution in [2.75, 3.05) is 12.3 Å². The zero-order chi connectivity index (χ0) is 11.5. The fourth-order valence-corrected chi connectivity index (χ4v) is 1.98. The molecule has 5 heteroatoms. The first kappa shape index (κ1) is 10.9. The normalized spacial score (nSPS) is 18.9. The van der Waals surface area contributed by atoms with Crippen LogP contribution in [0.15, 0.2) is 6.20 Å². The van der Waals surface area contributed by atoms with Crippen molar-refractivity contribution in [1.82, 2.24) is 9.97 Å². The monoisotopic (exact) mass is 221 g/mol. The van der Waals surface area contributed by atoms with E-state index in [4.69, 9.17) is 10.5 Å². The summed E-state index contributed by atoms with van der Waals surface area (Å²) < 4.78 is 5.02. The first-order valence-corrected chi connectivity index (χ1v) is 5.47. The van der Waals surface area contributed by atoms with Gasteiger partial charge in [-0.25, -0.2) is 9.97 Å². The average molecular weight is 221 g/mol. The van der Waals surface area contributed by atoms with E-state index in [0.29, 0.717) is 19.0 Å². The molecule has 0 bridgehead atoms. The van der Waals surface area contributed by atoms with Crippen molar-refractivity contribution < 1.29 is 9.53 Å². The van der Waals surface area contributed by atoms with Gasteiger partial charge in [-0.15, -0.1) is 0 Å². The smallest absolute Gasteiger partial charge is 0.309 e. The van der Waals surface area contributed by atoms with Gasteiger partial charge in [-0.2, -0.15) is 0 Å². The molecule has 1 unspecified atom stereocenters. The Bertz CT molecular complexity index is 406. The van der Waals surface area contributed by atoms with Crippen LogP contribution in [0.2, 0.25) is 0 Å². The van der Waals surface area contributed by atoms with Crippen molar-refractivity contribution in [1.29, 1.82) is 0 Å². The maximum Gasteiger partial charge on any atom is 0.309 e. The summed E-state index contributed by atoms with van der Waals surface area (Å²) in [6, 6.07) is 0. The molecule has 1 heterocycles. The summed E-state index contributed by atoms with van der Waals surface area (Å²) in [6.45, 7) is 2.25. The van der Waals surface area contributed by atoms with Gasteiger partial charge in [0, 0.05) is 11.9 Å². The zero-order valence-corrected chi connectivity index (χ0v) is 9.27. The standard InChI is InChI=1S/C11H15N3O2/c1-2-16-10(15)7-3-4-9-8(5-7)6-13-11(12)14-9/h6-7H,2-5H2,1H3,(H2,12,13,14). The molecular weight excluding hydrogens is 206 g/mol. The molecule has 0 amide bonds. The number of nitrogens with two attached hydrogens (primary N) is 1. The van der Waals surface area contributed by atoms with Crippen LogP contribution in [-0.4, -0.2) is 22.5 Å². The lowest BCUT2D eigenvalue weighted by Gasteiger charge is -2.21. The molecule has 16 heavy (non-hydrogen) atoms. The van der Waals surface area contributed by atoms with Crippen LogP contribution in [0.1, 0.15) is 24.6 Å². The number of rotatable bonds is 2. The highest BCUT2D eigenvalue weighted by molar-refractivity contribution is 5.73. The van der Waals surface area contributed by atoms with E-state index in [1.165, 1.54) is 0 Å². The SMILES string of the molecule is CCOC(=O)C1CCc2nc(N)ncc2C1. The van der Waals surface area contributed by atoms with Crippen molar-refractivity contribution in [3.05, 3.63) is 17.5 Å². The summed E-state index contributed by atoms with van der Waals surface area (Å²) in [4.78, 5) is 19.7. The second-order valence-electron chi connectivity index (χ2n) is 3.89. The van der Waals surface area contributed by atoms with Gasteiger partial charge in [-0.3, -0.25) is 4.79 Å². The van der Waals surface area contributed by atoms with Gasteiger partial charge < -0.3 is 10.5 Å². The summed E-state index contributed by atoms with van der Waals surface area (Å²) in [6.07, 6.45) is 3.92. The predicted molar refractivity (Wildman–Crippen MR) is 58.6 cm³/mol. The van der Waals surface area contributed by atoms with E-state index in [1.54, 1.807) is 6.20 Å². The van der Waals surface area contributed by atoms with Crippen LogP contribution in [-0.2, 0) is 22.4 Å². The molecule has 5 nitrogen and oxygen atoms in total. The van der Waals surface area contributed by atoms with Gasteiger partial charge in [0.2, 0.25) is 5.95 Å². The maximum absolute atomic E-state index is 11.6. The highest BCUT2D eigenvalue weighted by Gasteiger charge is 2.26. The van der Waals surface area contributed by atoms with Crippen LogP contribution in [0.3, 0.4) is 0 Å². The molecule has 1 aromatic rings. The van der Waals surface area contributed by atoms with E-state index in [0.717, 1.165) is 24.1 Å². The van der Waals surface area contributed by atoms with Crippen molar-refractivity contribution in [2.45, 2.75) is 26.2 Å². The Labute approximate surface area is 94.0 Å². The zero-order valence-electron chi connectivity index (χ0n) is 9.27. The van der Waals surface area contributed by atoms with Gasteiger partial charge in [0.15, 0.2) is 0 Å². The van der Waals surface area contributed by atoms with Crippen LogP contribution in [0, 0.1) is 5.92 Å². The highest BCUT2D eigenvalue weighted by atomic mass is 16.5. The van der Waals surface area contributed by atoms with E-state index in [-0.39, 0.29) is 11.9 Å². The van der Waals surface area contributed by atoms with Gasteiger partial charge in [0.05, 0.1) is 12.5 Å². The number of ether oxygens (including phenoxy) is 1. The summed E-state index contributed by atoms with van der Waals surface area (Å²) in [5.41, 5.74) is 7.49. The summed E-state index contributed by atoms with van der Waals surface area (Å²) in [5, 5.41) is 0. The molecule has 1 aromatic heterocycles. The first-order chi connectivity index (χ1) is 7.70. The van der Waals surface area contributed by atoms with E-state index < -0.39 is 0 Å². The summed E-state index contributed by atoms with van der Waals surface area (Å²) in [7, 11) is 0. The number of carbonyl (C=O) groups excluding carboxylic acids is 1. The molecule has 0 aromatic carbocycles. The average Bonchev–Trinajstić information content (AvgIpc) is 2.28. The molecule has 0 saturated carbocycles. The molecule has 1 aliphatic rings. The number of nitrogens with zero attached hydrogens (tertiary/aromatic N) is 2. The molecule has 1 aliphatic carbocycles. The number of hydrogen-bond donors (Lipinski definition) is 1. The van der Waals surface area contributed by atoms with Gasteiger partial charge in [-0.05, 0) is 31.7 Å². The molecule has 0 radical (unpaired) electrons. The number of anilines is 1. The minimum atomic E-state index is -0.120. The minimum absolute atomic E-state index is 0.0559. The highest BCUT2D eigenvalue weighted by Crippen LogP contribution is 2.24. The predicted octanol–water partition coefficient (Wildman–Crippen LogP) is 0.727. The molecule has 0 aliphatic heterocycles. The fraction of sp³-hybridized carbons (Fsp3) is 0.545. The van der Waals surface area contributed by atoms with Gasteiger partial charge in [0.25, 0.3) is 0 Å². The maximum atomic E-state index is 11.6. The summed E-state index contributed by atoms with van der Waals surface area (Å²) in [5.74, 6) is 0.123. The lowest BCUT2D eigenvalue weighted by atomic mass is 9.87. The van der Waals surface area contributed by atoms with Crippen LogP contribution in [0.4, 0.5) is 5.95 Å². The third-order valence-corrected chi connectivity index (χ3v) is 2.79. The number of hydrogen-bond acceptors (Lipinski definition) is 5. The molecule has 0 spiro atoms. The second kappa shape index (κ2) is 4.47. The van der Waals surface area contributed by atoms with Crippen LogP contribution < -0.4 is 5.73 Å². The Balaban J connectivity index is 2.12. The summed E-state index contributed by atoms with van der Waals surface area (Å²) >= 11 is 0. The third-order valence-electron chi connectivity index (χ3n) is 2.79. The number of aryl methyl sites for hydroxylation is 1. The largest absolute Gasteiger partial charge is 0.466 e. The minimum Gasteiger partial charge on any atom is -0.466 e.